The molecule has 1 fully saturated rings. The molecule has 1 aliphatic heterocycles. The standard InChI is InChI=1S/C14H19N5O2/c1-3-18-6-7-19(8-11(18)13-15-4-5-16-13)14(20)12-10(2)21-9-17-12/h4-5,9,11H,3,6-8H2,1-2H3,(H,15,16). The number of aromatic amines is 1. The molecule has 0 bridgehead atoms. The Kier molecular flexibility index (Phi) is 3.74. The third kappa shape index (κ3) is 2.56. The van der Waals surface area contributed by atoms with E-state index in [-0.39, 0.29) is 11.9 Å². The Morgan fingerprint density at radius 3 is 2.95 bits per heavy atom. The molecule has 112 valence electrons. The monoisotopic (exact) mass is 289 g/mol. The van der Waals surface area contributed by atoms with E-state index in [0.29, 0.717) is 24.5 Å². The number of amides is 1. The van der Waals surface area contributed by atoms with Crippen molar-refractivity contribution in [2.24, 2.45) is 0 Å². The lowest BCUT2D eigenvalue weighted by Gasteiger charge is -2.39. The number of oxazole rings is 1. The minimum absolute atomic E-state index is 0.0754. The van der Waals surface area contributed by atoms with Crippen LogP contribution in [0.4, 0.5) is 0 Å². The predicted molar refractivity (Wildman–Crippen MR) is 75.7 cm³/mol. The van der Waals surface area contributed by atoms with E-state index in [9.17, 15) is 4.79 Å². The first kappa shape index (κ1) is 13.8. The highest BCUT2D eigenvalue weighted by Gasteiger charge is 2.32. The van der Waals surface area contributed by atoms with Crippen LogP contribution >= 0.6 is 0 Å². The Morgan fingerprint density at radius 2 is 2.33 bits per heavy atom. The summed E-state index contributed by atoms with van der Waals surface area (Å²) in [6.45, 7) is 6.92. The molecule has 2 aromatic rings. The second kappa shape index (κ2) is 5.69. The van der Waals surface area contributed by atoms with E-state index in [0.717, 1.165) is 18.9 Å². The van der Waals surface area contributed by atoms with E-state index < -0.39 is 0 Å². The molecule has 0 aromatic carbocycles. The molecule has 0 radical (unpaired) electrons. The number of nitrogens with zero attached hydrogens (tertiary/aromatic N) is 4. The van der Waals surface area contributed by atoms with Gasteiger partial charge in [-0.2, -0.15) is 0 Å². The highest BCUT2D eigenvalue weighted by atomic mass is 16.3. The summed E-state index contributed by atoms with van der Waals surface area (Å²) >= 11 is 0. The van der Waals surface area contributed by atoms with E-state index in [1.165, 1.54) is 6.39 Å². The number of carbonyl (C=O) groups is 1. The molecule has 3 heterocycles. The number of aromatic nitrogens is 3. The Labute approximate surface area is 123 Å². The zero-order valence-corrected chi connectivity index (χ0v) is 12.2. The number of piperazine rings is 1. The number of nitrogens with one attached hydrogen (secondary N) is 1. The third-order valence-electron chi connectivity index (χ3n) is 3.97. The average molecular weight is 289 g/mol. The van der Waals surface area contributed by atoms with Crippen molar-refractivity contribution in [3.05, 3.63) is 36.1 Å². The lowest BCUT2D eigenvalue weighted by molar-refractivity contribution is 0.0474. The molecule has 0 aliphatic carbocycles. The fraction of sp³-hybridized carbons (Fsp3) is 0.500. The largest absolute Gasteiger partial charge is 0.448 e. The van der Waals surface area contributed by atoms with E-state index in [1.54, 1.807) is 13.1 Å². The minimum Gasteiger partial charge on any atom is -0.448 e. The normalized spacial score (nSPS) is 19.9. The number of hydrogen-bond acceptors (Lipinski definition) is 5. The van der Waals surface area contributed by atoms with Gasteiger partial charge in [-0.3, -0.25) is 9.69 Å². The van der Waals surface area contributed by atoms with E-state index >= 15 is 0 Å². The Balaban J connectivity index is 1.80. The highest BCUT2D eigenvalue weighted by molar-refractivity contribution is 5.93. The molecule has 0 spiro atoms. The van der Waals surface area contributed by atoms with Crippen LogP contribution in [0, 0.1) is 6.92 Å². The van der Waals surface area contributed by atoms with Gasteiger partial charge in [-0.05, 0) is 13.5 Å². The van der Waals surface area contributed by atoms with Gasteiger partial charge in [0.2, 0.25) is 0 Å². The zero-order valence-electron chi connectivity index (χ0n) is 12.2. The summed E-state index contributed by atoms with van der Waals surface area (Å²) in [5.41, 5.74) is 0.401. The number of likely N-dealkylation sites (N-methyl/N-ethyl adjacent to an activating group) is 1. The maximum Gasteiger partial charge on any atom is 0.276 e. The molecular weight excluding hydrogens is 270 g/mol. The van der Waals surface area contributed by atoms with Gasteiger partial charge >= 0.3 is 0 Å². The van der Waals surface area contributed by atoms with Crippen molar-refractivity contribution < 1.29 is 9.21 Å². The first-order chi connectivity index (χ1) is 10.2. The summed E-state index contributed by atoms with van der Waals surface area (Å²) in [4.78, 5) is 28.2. The van der Waals surface area contributed by atoms with Crippen molar-refractivity contribution in [3.63, 3.8) is 0 Å². The summed E-state index contributed by atoms with van der Waals surface area (Å²) in [7, 11) is 0. The van der Waals surface area contributed by atoms with Crippen molar-refractivity contribution in [2.75, 3.05) is 26.2 Å². The van der Waals surface area contributed by atoms with Crippen molar-refractivity contribution in [1.29, 1.82) is 0 Å². The number of hydrogen-bond donors (Lipinski definition) is 1. The smallest absolute Gasteiger partial charge is 0.276 e. The summed E-state index contributed by atoms with van der Waals surface area (Å²) in [5, 5.41) is 0. The Morgan fingerprint density at radius 1 is 1.48 bits per heavy atom. The van der Waals surface area contributed by atoms with Crippen LogP contribution in [0.2, 0.25) is 0 Å². The van der Waals surface area contributed by atoms with Crippen LogP contribution in [-0.2, 0) is 0 Å². The molecule has 7 heteroatoms. The number of H-pyrrole nitrogens is 1. The molecule has 7 nitrogen and oxygen atoms in total. The van der Waals surface area contributed by atoms with E-state index in [2.05, 4.69) is 26.8 Å². The number of rotatable bonds is 3. The van der Waals surface area contributed by atoms with Crippen LogP contribution in [-0.4, -0.2) is 56.8 Å². The van der Waals surface area contributed by atoms with Gasteiger partial charge in [-0.25, -0.2) is 9.97 Å². The lowest BCUT2D eigenvalue weighted by atomic mass is 10.1. The molecular formula is C14H19N5O2. The highest BCUT2D eigenvalue weighted by Crippen LogP contribution is 2.23. The predicted octanol–water partition coefficient (Wildman–Crippen LogP) is 1.23. The van der Waals surface area contributed by atoms with E-state index in [4.69, 9.17) is 4.42 Å². The summed E-state index contributed by atoms with van der Waals surface area (Å²) in [6.07, 6.45) is 4.87. The molecule has 1 atom stereocenters. The van der Waals surface area contributed by atoms with Gasteiger partial charge in [0.05, 0.1) is 6.04 Å². The van der Waals surface area contributed by atoms with E-state index in [1.807, 2.05) is 11.1 Å². The second-order valence-corrected chi connectivity index (χ2v) is 5.13. The molecule has 2 aromatic heterocycles. The average Bonchev–Trinajstić information content (AvgIpc) is 3.17. The van der Waals surface area contributed by atoms with Crippen LogP contribution in [0.15, 0.2) is 23.2 Å². The quantitative estimate of drug-likeness (QED) is 0.919. The van der Waals surface area contributed by atoms with Gasteiger partial charge in [-0.15, -0.1) is 0 Å². The van der Waals surface area contributed by atoms with Crippen LogP contribution in [0.1, 0.15) is 35.0 Å². The van der Waals surface area contributed by atoms with Crippen LogP contribution in [0.3, 0.4) is 0 Å². The number of carbonyl (C=O) groups excluding carboxylic acids is 1. The fourth-order valence-corrected chi connectivity index (χ4v) is 2.76. The molecule has 1 amide bonds. The SMILES string of the molecule is CCN1CCN(C(=O)c2ncoc2C)CC1c1ncc[nH]1. The van der Waals surface area contributed by atoms with Crippen molar-refractivity contribution >= 4 is 5.91 Å². The zero-order chi connectivity index (χ0) is 14.8. The third-order valence-corrected chi connectivity index (χ3v) is 3.97. The topological polar surface area (TPSA) is 78.3 Å². The lowest BCUT2D eigenvalue weighted by Crippen LogP contribution is -2.50. The fourth-order valence-electron chi connectivity index (χ4n) is 2.76. The molecule has 0 saturated carbocycles. The maximum atomic E-state index is 12.5. The second-order valence-electron chi connectivity index (χ2n) is 5.13. The summed E-state index contributed by atoms with van der Waals surface area (Å²) in [6, 6.07) is 0.0925. The van der Waals surface area contributed by atoms with Crippen molar-refractivity contribution in [3.8, 4) is 0 Å². The van der Waals surface area contributed by atoms with Gasteiger partial charge in [0.1, 0.15) is 11.6 Å². The van der Waals surface area contributed by atoms with Crippen LogP contribution in [0.25, 0.3) is 0 Å². The maximum absolute atomic E-state index is 12.5. The molecule has 21 heavy (non-hydrogen) atoms. The first-order valence-electron chi connectivity index (χ1n) is 7.13. The summed E-state index contributed by atoms with van der Waals surface area (Å²) in [5.74, 6) is 1.38. The molecule has 3 rings (SSSR count). The van der Waals surface area contributed by atoms with Crippen molar-refractivity contribution in [2.45, 2.75) is 19.9 Å². The van der Waals surface area contributed by atoms with Gasteiger partial charge in [-0.1, -0.05) is 6.92 Å². The van der Waals surface area contributed by atoms with Gasteiger partial charge in [0.25, 0.3) is 5.91 Å². The molecule has 1 aliphatic rings. The van der Waals surface area contributed by atoms with Crippen molar-refractivity contribution in [1.82, 2.24) is 24.8 Å². The Bertz CT molecular complexity index is 607. The summed E-state index contributed by atoms with van der Waals surface area (Å²) < 4.78 is 5.13. The van der Waals surface area contributed by atoms with Gasteiger partial charge in [0.15, 0.2) is 12.1 Å². The van der Waals surface area contributed by atoms with Crippen LogP contribution in [0.5, 0.6) is 0 Å². The van der Waals surface area contributed by atoms with Gasteiger partial charge < -0.3 is 14.3 Å². The Hall–Kier alpha value is -2.15. The molecule has 1 unspecified atom stereocenters. The van der Waals surface area contributed by atoms with Crippen LogP contribution < -0.4 is 0 Å². The molecule has 1 N–H and O–H groups in total. The number of imidazole rings is 1. The van der Waals surface area contributed by atoms with Gasteiger partial charge in [0, 0.05) is 32.0 Å². The number of aryl methyl sites for hydroxylation is 1. The minimum atomic E-state index is -0.0754. The molecule has 1 saturated heterocycles. The first-order valence-corrected chi connectivity index (χ1v) is 7.13.